The number of rotatable bonds is 4. The Morgan fingerprint density at radius 3 is 2.96 bits per heavy atom. The minimum absolute atomic E-state index is 0.0755. The smallest absolute Gasteiger partial charge is 0.247 e. The van der Waals surface area contributed by atoms with Gasteiger partial charge in [-0.15, -0.1) is 34.9 Å². The summed E-state index contributed by atoms with van der Waals surface area (Å²) in [6.07, 6.45) is 3.72. The van der Waals surface area contributed by atoms with Crippen LogP contribution in [0.1, 0.15) is 23.0 Å². The van der Waals surface area contributed by atoms with Gasteiger partial charge in [0.05, 0.1) is 4.58 Å². The molecule has 0 aliphatic carbocycles. The maximum absolute atomic E-state index is 12.8. The lowest BCUT2D eigenvalue weighted by Crippen LogP contribution is -2.39. The van der Waals surface area contributed by atoms with Crippen molar-refractivity contribution in [3.8, 4) is 0 Å². The lowest BCUT2D eigenvalue weighted by molar-refractivity contribution is -0.117. The molecule has 2 aliphatic rings. The van der Waals surface area contributed by atoms with Crippen molar-refractivity contribution >= 4 is 51.6 Å². The molecule has 7 heteroatoms. The molecule has 1 amide bonds. The standard InChI is InChI=1S/C17H19N3OS3/c21-15(14-5-2-7-20(14)17-18-6-8-24-17)19-13-4-1-3-12(11-13)16-22-9-10-23-16/h1,3-4,6,8,11,14,16H,2,5,7,9-10H2,(H,19,21)/t14-/m0/s1. The maximum atomic E-state index is 12.8. The SMILES string of the molecule is O=C(Nc1cccc(C2SCCS2)c1)[C@@H]1CCCN1c1nccs1. The second-order valence-corrected chi connectivity index (χ2v) is 9.45. The number of thioether (sulfide) groups is 2. The van der Waals surface area contributed by atoms with Crippen molar-refractivity contribution in [3.63, 3.8) is 0 Å². The Labute approximate surface area is 154 Å². The zero-order chi connectivity index (χ0) is 16.4. The highest BCUT2D eigenvalue weighted by molar-refractivity contribution is 8.19. The highest BCUT2D eigenvalue weighted by Gasteiger charge is 2.32. The molecule has 1 aromatic heterocycles. The van der Waals surface area contributed by atoms with Crippen LogP contribution in [0, 0.1) is 0 Å². The summed E-state index contributed by atoms with van der Waals surface area (Å²) in [5, 5.41) is 6.02. The summed E-state index contributed by atoms with van der Waals surface area (Å²) in [7, 11) is 0. The molecule has 3 heterocycles. The summed E-state index contributed by atoms with van der Waals surface area (Å²) in [5.41, 5.74) is 2.19. The van der Waals surface area contributed by atoms with Gasteiger partial charge in [0.2, 0.25) is 5.91 Å². The normalized spacial score (nSPS) is 21.3. The number of nitrogens with one attached hydrogen (secondary N) is 1. The quantitative estimate of drug-likeness (QED) is 0.864. The summed E-state index contributed by atoms with van der Waals surface area (Å²) in [6, 6.07) is 8.18. The predicted octanol–water partition coefficient (Wildman–Crippen LogP) is 4.23. The third kappa shape index (κ3) is 3.43. The number of nitrogens with zero attached hydrogens (tertiary/aromatic N) is 2. The van der Waals surface area contributed by atoms with Gasteiger partial charge in [0.25, 0.3) is 0 Å². The molecule has 2 saturated heterocycles. The van der Waals surface area contributed by atoms with Gasteiger partial charge in [-0.25, -0.2) is 4.98 Å². The van der Waals surface area contributed by atoms with Gasteiger partial charge in [0, 0.05) is 35.3 Å². The summed E-state index contributed by atoms with van der Waals surface area (Å²) in [5.74, 6) is 2.49. The maximum Gasteiger partial charge on any atom is 0.247 e. The second-order valence-electron chi connectivity index (χ2n) is 5.85. The minimum atomic E-state index is -0.116. The van der Waals surface area contributed by atoms with Crippen LogP contribution in [0.4, 0.5) is 10.8 Å². The molecule has 1 atom stereocenters. The molecular weight excluding hydrogens is 358 g/mol. The van der Waals surface area contributed by atoms with Crippen molar-refractivity contribution in [2.24, 2.45) is 0 Å². The molecule has 0 radical (unpaired) electrons. The predicted molar refractivity (Wildman–Crippen MR) is 105 cm³/mol. The Kier molecular flexibility index (Phi) is 5.01. The first-order valence-electron chi connectivity index (χ1n) is 8.11. The van der Waals surface area contributed by atoms with Gasteiger partial charge in [0.1, 0.15) is 6.04 Å². The van der Waals surface area contributed by atoms with Crippen molar-refractivity contribution in [1.82, 2.24) is 4.98 Å². The van der Waals surface area contributed by atoms with E-state index in [9.17, 15) is 4.79 Å². The number of anilines is 2. The van der Waals surface area contributed by atoms with Crippen molar-refractivity contribution in [2.45, 2.75) is 23.5 Å². The third-order valence-electron chi connectivity index (χ3n) is 4.27. The van der Waals surface area contributed by atoms with Crippen LogP contribution in [-0.4, -0.2) is 35.0 Å². The van der Waals surface area contributed by atoms with Gasteiger partial charge < -0.3 is 10.2 Å². The number of carbonyl (C=O) groups excluding carboxylic acids is 1. The van der Waals surface area contributed by atoms with E-state index in [4.69, 9.17) is 0 Å². The highest BCUT2D eigenvalue weighted by atomic mass is 32.2. The summed E-state index contributed by atoms with van der Waals surface area (Å²) in [4.78, 5) is 19.3. The van der Waals surface area contributed by atoms with Crippen molar-refractivity contribution in [1.29, 1.82) is 0 Å². The van der Waals surface area contributed by atoms with E-state index in [0.717, 1.165) is 30.2 Å². The largest absolute Gasteiger partial charge is 0.336 e. The van der Waals surface area contributed by atoms with E-state index in [1.807, 2.05) is 41.0 Å². The molecule has 2 fully saturated rings. The van der Waals surface area contributed by atoms with Crippen molar-refractivity contribution in [2.75, 3.05) is 28.3 Å². The van der Waals surface area contributed by atoms with Gasteiger partial charge in [0.15, 0.2) is 5.13 Å². The average molecular weight is 378 g/mol. The molecule has 4 rings (SSSR count). The zero-order valence-electron chi connectivity index (χ0n) is 13.2. The number of carbonyl (C=O) groups is 1. The third-order valence-corrected chi connectivity index (χ3v) is 8.18. The first-order chi connectivity index (χ1) is 11.8. The monoisotopic (exact) mass is 377 g/mol. The van der Waals surface area contributed by atoms with Crippen LogP contribution in [0.5, 0.6) is 0 Å². The Bertz CT molecular complexity index is 701. The Morgan fingerprint density at radius 2 is 2.17 bits per heavy atom. The molecule has 0 saturated carbocycles. The van der Waals surface area contributed by atoms with E-state index in [1.54, 1.807) is 17.5 Å². The number of hydrogen-bond acceptors (Lipinski definition) is 6. The summed E-state index contributed by atoms with van der Waals surface area (Å²) < 4.78 is 0.500. The van der Waals surface area contributed by atoms with Crippen LogP contribution < -0.4 is 10.2 Å². The van der Waals surface area contributed by atoms with Gasteiger partial charge >= 0.3 is 0 Å². The number of thiazole rings is 1. The molecule has 0 unspecified atom stereocenters. The Hall–Kier alpha value is -1.18. The summed E-state index contributed by atoms with van der Waals surface area (Å²) in [6.45, 7) is 0.904. The number of benzene rings is 1. The molecule has 1 N–H and O–H groups in total. The number of hydrogen-bond donors (Lipinski definition) is 1. The van der Waals surface area contributed by atoms with E-state index in [1.165, 1.54) is 17.1 Å². The van der Waals surface area contributed by atoms with E-state index in [-0.39, 0.29) is 11.9 Å². The fraction of sp³-hybridized carbons (Fsp3) is 0.412. The summed E-state index contributed by atoms with van der Waals surface area (Å²) >= 11 is 5.56. The fourth-order valence-corrected chi connectivity index (χ4v) is 6.72. The molecule has 126 valence electrons. The lowest BCUT2D eigenvalue weighted by Gasteiger charge is -2.23. The molecule has 2 aromatic rings. The van der Waals surface area contributed by atoms with Gasteiger partial charge in [-0.3, -0.25) is 4.79 Å². The van der Waals surface area contributed by atoms with Crippen LogP contribution >= 0.6 is 34.9 Å². The fourth-order valence-electron chi connectivity index (χ4n) is 3.17. The lowest BCUT2D eigenvalue weighted by atomic mass is 10.2. The molecule has 0 bridgehead atoms. The van der Waals surface area contributed by atoms with Crippen LogP contribution in [0.15, 0.2) is 35.8 Å². The molecule has 4 nitrogen and oxygen atoms in total. The molecule has 0 spiro atoms. The molecule has 1 aromatic carbocycles. The first-order valence-corrected chi connectivity index (χ1v) is 11.1. The topological polar surface area (TPSA) is 45.2 Å². The van der Waals surface area contributed by atoms with Crippen LogP contribution in [0.3, 0.4) is 0 Å². The van der Waals surface area contributed by atoms with Gasteiger partial charge in [-0.1, -0.05) is 12.1 Å². The van der Waals surface area contributed by atoms with E-state index in [2.05, 4.69) is 27.3 Å². The minimum Gasteiger partial charge on any atom is -0.336 e. The van der Waals surface area contributed by atoms with Crippen LogP contribution in [0.2, 0.25) is 0 Å². The zero-order valence-corrected chi connectivity index (χ0v) is 15.6. The Balaban J connectivity index is 1.46. The highest BCUT2D eigenvalue weighted by Crippen LogP contribution is 2.45. The van der Waals surface area contributed by atoms with Gasteiger partial charge in [-0.2, -0.15) is 0 Å². The van der Waals surface area contributed by atoms with Crippen LogP contribution in [-0.2, 0) is 4.79 Å². The molecular formula is C17H19N3OS3. The number of aromatic nitrogens is 1. The van der Waals surface area contributed by atoms with Crippen molar-refractivity contribution < 1.29 is 4.79 Å². The molecule has 24 heavy (non-hydrogen) atoms. The second kappa shape index (κ2) is 7.37. The average Bonchev–Trinajstić information content (AvgIpc) is 3.35. The Morgan fingerprint density at radius 1 is 1.29 bits per heavy atom. The van der Waals surface area contributed by atoms with E-state index < -0.39 is 0 Å². The van der Waals surface area contributed by atoms with Crippen LogP contribution in [0.25, 0.3) is 0 Å². The molecule has 2 aliphatic heterocycles. The van der Waals surface area contributed by atoms with E-state index in [0.29, 0.717) is 4.58 Å². The van der Waals surface area contributed by atoms with E-state index >= 15 is 0 Å². The number of amides is 1. The van der Waals surface area contributed by atoms with Gasteiger partial charge in [-0.05, 0) is 30.5 Å². The first kappa shape index (κ1) is 16.3. The van der Waals surface area contributed by atoms with Crippen molar-refractivity contribution in [3.05, 3.63) is 41.4 Å².